The highest BCUT2D eigenvalue weighted by molar-refractivity contribution is 7.91. The van der Waals surface area contributed by atoms with Crippen LogP contribution in [0.25, 0.3) is 0 Å². The molecule has 0 saturated carbocycles. The van der Waals surface area contributed by atoms with Crippen LogP contribution in [0.1, 0.15) is 40.7 Å². The number of carbonyl (C=O) groups is 1. The Bertz CT molecular complexity index is 2170. The van der Waals surface area contributed by atoms with Gasteiger partial charge in [0.05, 0.1) is 17.6 Å². The van der Waals surface area contributed by atoms with Crippen LogP contribution in [0.15, 0.2) is 156 Å². The van der Waals surface area contributed by atoms with Gasteiger partial charge in [0.1, 0.15) is 11.5 Å². The largest absolute Gasteiger partial charge is 0.294 e. The number of hydrogen-bond donors (Lipinski definition) is 1. The summed E-state index contributed by atoms with van der Waals surface area (Å²) in [6, 6.07) is 41.7. The van der Waals surface area contributed by atoms with Gasteiger partial charge in [-0.1, -0.05) is 121 Å². The Morgan fingerprint density at radius 3 is 1.82 bits per heavy atom. The SMILES string of the molecule is CC(=NC(=O)Cc1nccn1-n1c(C)ccc(NS(=O)(=O)Cc2ccccc2)c1=O)C(c1ccccc1)(c1ccccc1)c1ccccc1. The van der Waals surface area contributed by atoms with Gasteiger partial charge in [0, 0.05) is 23.8 Å². The number of nitrogens with one attached hydrogen (secondary N) is 1. The van der Waals surface area contributed by atoms with Gasteiger partial charge in [0.2, 0.25) is 10.0 Å². The third kappa shape index (κ3) is 6.90. The number of sulfonamides is 1. The molecule has 2 heterocycles. The summed E-state index contributed by atoms with van der Waals surface area (Å²) in [6.07, 6.45) is 2.83. The van der Waals surface area contributed by atoms with E-state index in [1.165, 1.54) is 21.6 Å². The van der Waals surface area contributed by atoms with Crippen LogP contribution in [-0.2, 0) is 32.4 Å². The third-order valence-electron chi connectivity index (χ3n) is 8.39. The van der Waals surface area contributed by atoms with Gasteiger partial charge >= 0.3 is 0 Å². The highest BCUT2D eigenvalue weighted by Gasteiger charge is 2.39. The van der Waals surface area contributed by atoms with E-state index < -0.39 is 26.9 Å². The summed E-state index contributed by atoms with van der Waals surface area (Å²) in [5.41, 5.74) is 2.93. The van der Waals surface area contributed by atoms with Crippen molar-refractivity contribution in [2.75, 3.05) is 4.72 Å². The maximum Gasteiger partial charge on any atom is 0.294 e. The number of aromatic nitrogens is 3. The molecule has 0 aliphatic carbocycles. The second-order valence-corrected chi connectivity index (χ2v) is 13.4. The standard InChI is InChI=1S/C39H35N5O4S/c1-29-23-24-35(42-49(47,48)28-31-15-7-3-8-16-31)38(46)44(29)43-26-25-40-36(43)27-37(45)41-30(2)39(32-17-9-4-10-18-32,33-19-11-5-12-20-33)34-21-13-6-14-22-34/h3-26,42H,27-28H2,1-2H3. The summed E-state index contributed by atoms with van der Waals surface area (Å²) in [4.78, 5) is 36.6. The molecular formula is C39H35N5O4S. The predicted molar refractivity (Wildman–Crippen MR) is 192 cm³/mol. The molecule has 9 nitrogen and oxygen atoms in total. The number of benzene rings is 4. The average molecular weight is 670 g/mol. The average Bonchev–Trinajstić information content (AvgIpc) is 3.55. The Hall–Kier alpha value is -5.87. The minimum atomic E-state index is -3.89. The van der Waals surface area contributed by atoms with Gasteiger partial charge in [-0.25, -0.2) is 27.7 Å². The molecule has 246 valence electrons. The van der Waals surface area contributed by atoms with Crippen molar-refractivity contribution in [3.63, 3.8) is 0 Å². The van der Waals surface area contributed by atoms with E-state index in [1.54, 1.807) is 49.5 Å². The van der Waals surface area contributed by atoms with Crippen molar-refractivity contribution in [3.05, 3.63) is 190 Å². The molecule has 0 unspecified atom stereocenters. The first-order valence-electron chi connectivity index (χ1n) is 15.7. The zero-order chi connectivity index (χ0) is 34.4. The number of aryl methyl sites for hydroxylation is 1. The number of pyridine rings is 1. The lowest BCUT2D eigenvalue weighted by Crippen LogP contribution is -2.38. The Labute approximate surface area is 285 Å². The molecule has 6 aromatic rings. The van der Waals surface area contributed by atoms with Crippen LogP contribution in [0.4, 0.5) is 5.69 Å². The van der Waals surface area contributed by atoms with Crippen molar-refractivity contribution < 1.29 is 13.2 Å². The zero-order valence-corrected chi connectivity index (χ0v) is 27.9. The molecule has 1 N–H and O–H groups in total. The number of hydrogen-bond acceptors (Lipinski definition) is 5. The van der Waals surface area contributed by atoms with E-state index in [9.17, 15) is 18.0 Å². The number of imidazole rings is 1. The van der Waals surface area contributed by atoms with E-state index in [0.717, 1.165) is 16.7 Å². The van der Waals surface area contributed by atoms with E-state index in [2.05, 4.69) is 14.7 Å². The van der Waals surface area contributed by atoms with Crippen LogP contribution in [0.2, 0.25) is 0 Å². The Balaban J connectivity index is 1.35. The van der Waals surface area contributed by atoms with Crippen molar-refractivity contribution in [1.82, 2.24) is 14.3 Å². The molecule has 0 bridgehead atoms. The molecule has 0 aliphatic rings. The molecule has 0 atom stereocenters. The van der Waals surface area contributed by atoms with Gasteiger partial charge in [0.15, 0.2) is 0 Å². The highest BCUT2D eigenvalue weighted by Crippen LogP contribution is 2.40. The minimum absolute atomic E-state index is 0.125. The smallest absolute Gasteiger partial charge is 0.278 e. The number of carbonyl (C=O) groups excluding carboxylic acids is 1. The zero-order valence-electron chi connectivity index (χ0n) is 27.1. The summed E-state index contributed by atoms with van der Waals surface area (Å²) in [7, 11) is -3.89. The van der Waals surface area contributed by atoms with Crippen LogP contribution in [0.3, 0.4) is 0 Å². The van der Waals surface area contributed by atoms with E-state index in [4.69, 9.17) is 0 Å². The van der Waals surface area contributed by atoms with E-state index in [1.807, 2.05) is 97.9 Å². The van der Waals surface area contributed by atoms with Crippen LogP contribution in [0, 0.1) is 6.92 Å². The number of rotatable bonds is 11. The third-order valence-corrected chi connectivity index (χ3v) is 9.63. The fourth-order valence-corrected chi connectivity index (χ4v) is 7.43. The number of anilines is 1. The molecule has 10 heteroatoms. The lowest BCUT2D eigenvalue weighted by Gasteiger charge is -2.36. The molecule has 4 aromatic carbocycles. The van der Waals surface area contributed by atoms with Crippen molar-refractivity contribution in [1.29, 1.82) is 0 Å². The maximum atomic E-state index is 13.8. The molecule has 0 fully saturated rings. The fourth-order valence-electron chi connectivity index (χ4n) is 6.24. The second kappa shape index (κ2) is 14.1. The second-order valence-electron chi connectivity index (χ2n) is 11.7. The van der Waals surface area contributed by atoms with Gasteiger partial charge in [-0.05, 0) is 48.2 Å². The predicted octanol–water partition coefficient (Wildman–Crippen LogP) is 6.17. The number of nitrogens with zero attached hydrogens (tertiary/aromatic N) is 4. The summed E-state index contributed by atoms with van der Waals surface area (Å²) >= 11 is 0. The molecule has 1 amide bonds. The Morgan fingerprint density at radius 2 is 1.29 bits per heavy atom. The number of amides is 1. The molecule has 0 saturated heterocycles. The number of aliphatic imine (C=N–C) groups is 1. The van der Waals surface area contributed by atoms with Crippen molar-refractivity contribution in [2.45, 2.75) is 31.4 Å². The summed E-state index contributed by atoms with van der Waals surface area (Å²) in [5, 5.41) is 0. The maximum absolute atomic E-state index is 13.8. The first-order chi connectivity index (χ1) is 23.7. The van der Waals surface area contributed by atoms with E-state index >= 15 is 0 Å². The highest BCUT2D eigenvalue weighted by atomic mass is 32.2. The first-order valence-corrected chi connectivity index (χ1v) is 17.4. The molecule has 0 spiro atoms. The van der Waals surface area contributed by atoms with Gasteiger partial charge in [0.25, 0.3) is 11.5 Å². The normalized spacial score (nSPS) is 12.1. The van der Waals surface area contributed by atoms with Gasteiger partial charge in [-0.2, -0.15) is 0 Å². The lowest BCUT2D eigenvalue weighted by molar-refractivity contribution is -0.117. The molecule has 2 aromatic heterocycles. The Morgan fingerprint density at radius 1 is 0.776 bits per heavy atom. The topological polar surface area (TPSA) is 115 Å². The van der Waals surface area contributed by atoms with Crippen molar-refractivity contribution in [3.8, 4) is 0 Å². The summed E-state index contributed by atoms with van der Waals surface area (Å²) < 4.78 is 31.1. The van der Waals surface area contributed by atoms with Crippen LogP contribution in [-0.4, -0.2) is 34.4 Å². The summed E-state index contributed by atoms with van der Waals surface area (Å²) in [6.45, 7) is 3.57. The van der Waals surface area contributed by atoms with Crippen molar-refractivity contribution >= 4 is 27.3 Å². The van der Waals surface area contributed by atoms with Gasteiger partial charge < -0.3 is 0 Å². The molecule has 0 aliphatic heterocycles. The quantitative estimate of drug-likeness (QED) is 0.131. The molecule has 6 rings (SSSR count). The molecule has 49 heavy (non-hydrogen) atoms. The monoisotopic (exact) mass is 669 g/mol. The fraction of sp³-hybridized carbons (Fsp3) is 0.128. The molecule has 0 radical (unpaired) electrons. The van der Waals surface area contributed by atoms with E-state index in [0.29, 0.717) is 17.0 Å². The van der Waals surface area contributed by atoms with Gasteiger partial charge in [-0.3, -0.25) is 14.3 Å². The molecular weight excluding hydrogens is 635 g/mol. The van der Waals surface area contributed by atoms with E-state index in [-0.39, 0.29) is 23.7 Å². The Kier molecular flexibility index (Phi) is 9.50. The summed E-state index contributed by atoms with van der Waals surface area (Å²) in [5.74, 6) is -0.483. The van der Waals surface area contributed by atoms with Crippen LogP contribution in [0.5, 0.6) is 0 Å². The van der Waals surface area contributed by atoms with Gasteiger partial charge in [-0.15, -0.1) is 0 Å². The first kappa shape index (κ1) is 33.0. The van der Waals surface area contributed by atoms with Crippen molar-refractivity contribution in [2.24, 2.45) is 4.99 Å². The van der Waals surface area contributed by atoms with Crippen LogP contribution >= 0.6 is 0 Å². The minimum Gasteiger partial charge on any atom is -0.278 e. The lowest BCUT2D eigenvalue weighted by atomic mass is 9.66. The van der Waals surface area contributed by atoms with Crippen LogP contribution < -0.4 is 10.3 Å².